The van der Waals surface area contributed by atoms with E-state index in [4.69, 9.17) is 10.7 Å². The van der Waals surface area contributed by atoms with Gasteiger partial charge in [0.05, 0.1) is 5.69 Å². The van der Waals surface area contributed by atoms with E-state index in [0.717, 1.165) is 31.9 Å². The molecule has 90 valence electrons. The standard InChI is InChI=1S/C12H22N4/c1-9(2)8-10-11(4-5-13)16-7-3-6-14-12(16)15-10/h9H,3-8,13H2,1-2H3,(H,14,15). The Morgan fingerprint density at radius 1 is 1.50 bits per heavy atom. The van der Waals surface area contributed by atoms with Gasteiger partial charge in [0.2, 0.25) is 5.95 Å². The fourth-order valence-corrected chi connectivity index (χ4v) is 2.32. The highest BCUT2D eigenvalue weighted by molar-refractivity contribution is 5.36. The van der Waals surface area contributed by atoms with Gasteiger partial charge >= 0.3 is 0 Å². The Hall–Kier alpha value is -1.03. The molecular weight excluding hydrogens is 200 g/mol. The van der Waals surface area contributed by atoms with Gasteiger partial charge in [-0.05, 0) is 25.3 Å². The summed E-state index contributed by atoms with van der Waals surface area (Å²) in [6, 6.07) is 0. The molecule has 0 radical (unpaired) electrons. The zero-order valence-electron chi connectivity index (χ0n) is 10.3. The van der Waals surface area contributed by atoms with Crippen LogP contribution < -0.4 is 11.1 Å². The Morgan fingerprint density at radius 2 is 2.31 bits per heavy atom. The topological polar surface area (TPSA) is 55.9 Å². The first-order valence-electron chi connectivity index (χ1n) is 6.24. The summed E-state index contributed by atoms with van der Waals surface area (Å²) in [5, 5.41) is 3.37. The van der Waals surface area contributed by atoms with E-state index in [1.807, 2.05) is 0 Å². The maximum atomic E-state index is 5.69. The predicted molar refractivity (Wildman–Crippen MR) is 66.6 cm³/mol. The Labute approximate surface area is 97.2 Å². The summed E-state index contributed by atoms with van der Waals surface area (Å²) >= 11 is 0. The second-order valence-electron chi connectivity index (χ2n) is 4.90. The summed E-state index contributed by atoms with van der Waals surface area (Å²) in [4.78, 5) is 4.71. The van der Waals surface area contributed by atoms with Gasteiger partial charge in [0.1, 0.15) is 0 Å². The average Bonchev–Trinajstić information content (AvgIpc) is 2.57. The molecule has 1 aromatic rings. The Balaban J connectivity index is 2.31. The Morgan fingerprint density at radius 3 is 3.00 bits per heavy atom. The van der Waals surface area contributed by atoms with Gasteiger partial charge in [0.15, 0.2) is 0 Å². The molecule has 2 rings (SSSR count). The lowest BCUT2D eigenvalue weighted by molar-refractivity contribution is 0.594. The lowest BCUT2D eigenvalue weighted by atomic mass is 10.1. The second-order valence-corrected chi connectivity index (χ2v) is 4.90. The van der Waals surface area contributed by atoms with E-state index in [1.54, 1.807) is 0 Å². The summed E-state index contributed by atoms with van der Waals surface area (Å²) in [6.07, 6.45) is 3.18. The van der Waals surface area contributed by atoms with Crippen LogP contribution in [0.4, 0.5) is 5.95 Å². The monoisotopic (exact) mass is 222 g/mol. The van der Waals surface area contributed by atoms with Crippen LogP contribution in [0.15, 0.2) is 0 Å². The molecule has 0 aromatic carbocycles. The van der Waals surface area contributed by atoms with E-state index in [2.05, 4.69) is 23.7 Å². The lowest BCUT2D eigenvalue weighted by Gasteiger charge is -2.17. The number of nitrogens with one attached hydrogen (secondary N) is 1. The van der Waals surface area contributed by atoms with Crippen LogP contribution in [0.5, 0.6) is 0 Å². The van der Waals surface area contributed by atoms with Crippen molar-refractivity contribution >= 4 is 5.95 Å². The third-order valence-corrected chi connectivity index (χ3v) is 2.98. The molecule has 0 aliphatic carbocycles. The van der Waals surface area contributed by atoms with Crippen LogP contribution in [0.25, 0.3) is 0 Å². The first-order valence-corrected chi connectivity index (χ1v) is 6.24. The minimum Gasteiger partial charge on any atom is -0.356 e. The van der Waals surface area contributed by atoms with Crippen LogP contribution >= 0.6 is 0 Å². The minimum atomic E-state index is 0.647. The van der Waals surface area contributed by atoms with Crippen LogP contribution in [0.3, 0.4) is 0 Å². The minimum absolute atomic E-state index is 0.647. The summed E-state index contributed by atoms with van der Waals surface area (Å²) in [5.74, 6) is 1.69. The summed E-state index contributed by atoms with van der Waals surface area (Å²) in [7, 11) is 0. The highest BCUT2D eigenvalue weighted by Crippen LogP contribution is 2.22. The predicted octanol–water partition coefficient (Wildman–Crippen LogP) is 1.40. The van der Waals surface area contributed by atoms with E-state index in [-0.39, 0.29) is 0 Å². The molecular formula is C12H22N4. The third kappa shape index (κ3) is 2.21. The van der Waals surface area contributed by atoms with Gasteiger partial charge in [-0.1, -0.05) is 13.8 Å². The molecule has 0 saturated carbocycles. The van der Waals surface area contributed by atoms with Crippen molar-refractivity contribution in [3.8, 4) is 0 Å². The Bertz CT molecular complexity index is 354. The molecule has 4 heteroatoms. The van der Waals surface area contributed by atoms with Crippen molar-refractivity contribution in [3.05, 3.63) is 11.4 Å². The van der Waals surface area contributed by atoms with Gasteiger partial charge in [-0.15, -0.1) is 0 Å². The van der Waals surface area contributed by atoms with E-state index < -0.39 is 0 Å². The van der Waals surface area contributed by atoms with E-state index in [1.165, 1.54) is 17.8 Å². The van der Waals surface area contributed by atoms with Gasteiger partial charge < -0.3 is 15.6 Å². The lowest BCUT2D eigenvalue weighted by Crippen LogP contribution is -2.20. The summed E-state index contributed by atoms with van der Waals surface area (Å²) in [6.45, 7) is 7.30. The molecule has 0 fully saturated rings. The highest BCUT2D eigenvalue weighted by atomic mass is 15.2. The van der Waals surface area contributed by atoms with Crippen molar-refractivity contribution in [1.82, 2.24) is 9.55 Å². The number of imidazole rings is 1. The largest absolute Gasteiger partial charge is 0.356 e. The molecule has 0 saturated heterocycles. The van der Waals surface area contributed by atoms with Crippen molar-refractivity contribution in [2.45, 2.75) is 39.7 Å². The number of fused-ring (bicyclic) bond motifs is 1. The zero-order chi connectivity index (χ0) is 11.5. The highest BCUT2D eigenvalue weighted by Gasteiger charge is 2.19. The molecule has 0 atom stereocenters. The first-order chi connectivity index (χ1) is 7.72. The van der Waals surface area contributed by atoms with Crippen molar-refractivity contribution in [3.63, 3.8) is 0 Å². The van der Waals surface area contributed by atoms with E-state index >= 15 is 0 Å². The normalized spacial score (nSPS) is 15.0. The van der Waals surface area contributed by atoms with Crippen LogP contribution in [0.2, 0.25) is 0 Å². The number of anilines is 1. The summed E-state index contributed by atoms with van der Waals surface area (Å²) < 4.78 is 2.31. The fraction of sp³-hybridized carbons (Fsp3) is 0.750. The van der Waals surface area contributed by atoms with Crippen molar-refractivity contribution in [1.29, 1.82) is 0 Å². The molecule has 1 aromatic heterocycles. The second kappa shape index (κ2) is 4.87. The van der Waals surface area contributed by atoms with E-state index in [0.29, 0.717) is 12.5 Å². The molecule has 1 aliphatic heterocycles. The molecule has 0 spiro atoms. The van der Waals surface area contributed by atoms with Crippen molar-refractivity contribution < 1.29 is 0 Å². The molecule has 16 heavy (non-hydrogen) atoms. The van der Waals surface area contributed by atoms with Crippen molar-refractivity contribution in [2.24, 2.45) is 11.7 Å². The number of nitrogens with zero attached hydrogens (tertiary/aromatic N) is 2. The number of aromatic nitrogens is 2. The number of hydrogen-bond acceptors (Lipinski definition) is 3. The fourth-order valence-electron chi connectivity index (χ4n) is 2.32. The SMILES string of the molecule is CC(C)Cc1nc2n(c1CCN)CCCN2. The van der Waals surface area contributed by atoms with Crippen LogP contribution in [-0.4, -0.2) is 22.6 Å². The average molecular weight is 222 g/mol. The van der Waals surface area contributed by atoms with Gasteiger partial charge in [-0.2, -0.15) is 0 Å². The Kier molecular flexibility index (Phi) is 3.49. The smallest absolute Gasteiger partial charge is 0.203 e. The van der Waals surface area contributed by atoms with Gasteiger partial charge in [0.25, 0.3) is 0 Å². The molecule has 2 heterocycles. The molecule has 1 aliphatic rings. The molecule has 3 N–H and O–H groups in total. The van der Waals surface area contributed by atoms with Gasteiger partial charge in [-0.25, -0.2) is 4.98 Å². The van der Waals surface area contributed by atoms with Crippen LogP contribution in [0, 0.1) is 5.92 Å². The quantitative estimate of drug-likeness (QED) is 0.809. The number of nitrogens with two attached hydrogens (primary N) is 1. The number of hydrogen-bond donors (Lipinski definition) is 2. The maximum absolute atomic E-state index is 5.69. The molecule has 0 bridgehead atoms. The molecule has 0 amide bonds. The molecule has 4 nitrogen and oxygen atoms in total. The maximum Gasteiger partial charge on any atom is 0.203 e. The number of rotatable bonds is 4. The first kappa shape index (κ1) is 11.5. The van der Waals surface area contributed by atoms with Gasteiger partial charge in [-0.3, -0.25) is 0 Å². The van der Waals surface area contributed by atoms with Crippen LogP contribution in [-0.2, 0) is 19.4 Å². The summed E-state index contributed by atoms with van der Waals surface area (Å²) in [5.41, 5.74) is 8.28. The van der Waals surface area contributed by atoms with Crippen molar-refractivity contribution in [2.75, 3.05) is 18.4 Å². The third-order valence-electron chi connectivity index (χ3n) is 2.98. The zero-order valence-corrected chi connectivity index (χ0v) is 10.3. The van der Waals surface area contributed by atoms with Crippen LogP contribution in [0.1, 0.15) is 31.7 Å². The molecule has 0 unspecified atom stereocenters. The van der Waals surface area contributed by atoms with E-state index in [9.17, 15) is 0 Å². The van der Waals surface area contributed by atoms with Gasteiger partial charge in [0, 0.05) is 25.2 Å².